The van der Waals surface area contributed by atoms with Crippen molar-refractivity contribution in [3.8, 4) is 0 Å². The zero-order valence-corrected chi connectivity index (χ0v) is 12.9. The van der Waals surface area contributed by atoms with E-state index in [1.165, 1.54) is 57.8 Å². The van der Waals surface area contributed by atoms with Gasteiger partial charge in [-0.3, -0.25) is 0 Å². The molecule has 1 nitrogen and oxygen atoms in total. The predicted octanol–water partition coefficient (Wildman–Crippen LogP) is 4.67. The summed E-state index contributed by atoms with van der Waals surface area (Å²) in [4.78, 5) is 0. The molecule has 110 valence electrons. The number of rotatable bonds is 4. The Bertz CT molecular complexity index is 399. The topological polar surface area (TPSA) is 12.0 Å². The first-order valence-electron chi connectivity index (χ1n) is 8.59. The van der Waals surface area contributed by atoms with Gasteiger partial charge in [-0.05, 0) is 44.2 Å². The van der Waals surface area contributed by atoms with E-state index in [0.717, 1.165) is 5.92 Å². The highest BCUT2D eigenvalue weighted by molar-refractivity contribution is 5.31. The van der Waals surface area contributed by atoms with Crippen molar-refractivity contribution in [3.05, 3.63) is 35.9 Å². The molecule has 2 saturated carbocycles. The first-order valence-corrected chi connectivity index (χ1v) is 8.59. The summed E-state index contributed by atoms with van der Waals surface area (Å²) in [5, 5.41) is 3.74. The molecule has 1 unspecified atom stereocenters. The second-order valence-corrected chi connectivity index (χ2v) is 6.89. The predicted molar refractivity (Wildman–Crippen MR) is 86.0 cm³/mol. The fourth-order valence-electron chi connectivity index (χ4n) is 4.71. The molecule has 0 saturated heterocycles. The Morgan fingerprint density at radius 1 is 0.950 bits per heavy atom. The van der Waals surface area contributed by atoms with Crippen LogP contribution in [-0.2, 0) is 5.41 Å². The molecule has 2 aliphatic carbocycles. The second-order valence-electron chi connectivity index (χ2n) is 6.89. The van der Waals surface area contributed by atoms with Crippen LogP contribution in [-0.4, -0.2) is 13.1 Å². The number of hydrogen-bond donors (Lipinski definition) is 1. The van der Waals surface area contributed by atoms with Crippen LogP contribution in [0.4, 0.5) is 0 Å². The van der Waals surface area contributed by atoms with Gasteiger partial charge in [0.05, 0.1) is 0 Å². The lowest BCUT2D eigenvalue weighted by Crippen LogP contribution is -2.55. The quantitative estimate of drug-likeness (QED) is 0.785. The maximum absolute atomic E-state index is 3.74. The number of nitrogens with one attached hydrogen (secondary N) is 1. The average Bonchev–Trinajstić information content (AvgIpc) is 2.72. The molecule has 0 spiro atoms. The normalized spacial score (nSPS) is 24.6. The van der Waals surface area contributed by atoms with Crippen LogP contribution in [0.3, 0.4) is 0 Å². The molecule has 1 N–H and O–H groups in total. The van der Waals surface area contributed by atoms with E-state index in [-0.39, 0.29) is 0 Å². The average molecular weight is 271 g/mol. The lowest BCUT2D eigenvalue weighted by Gasteiger charge is -2.51. The van der Waals surface area contributed by atoms with Crippen LogP contribution < -0.4 is 5.32 Å². The third-order valence-electron chi connectivity index (χ3n) is 5.87. The molecule has 0 aromatic heterocycles. The number of likely N-dealkylation sites (N-methyl/N-ethyl adjacent to an activating group) is 1. The molecule has 1 aromatic carbocycles. The van der Waals surface area contributed by atoms with Crippen molar-refractivity contribution >= 4 is 0 Å². The van der Waals surface area contributed by atoms with Gasteiger partial charge in [0.2, 0.25) is 0 Å². The summed E-state index contributed by atoms with van der Waals surface area (Å²) in [6.45, 7) is 0. The van der Waals surface area contributed by atoms with E-state index in [0.29, 0.717) is 11.5 Å². The Balaban J connectivity index is 1.85. The minimum atomic E-state index is 0.422. The summed E-state index contributed by atoms with van der Waals surface area (Å²) >= 11 is 0. The van der Waals surface area contributed by atoms with Crippen molar-refractivity contribution in [1.82, 2.24) is 5.32 Å². The third kappa shape index (κ3) is 2.53. The van der Waals surface area contributed by atoms with Gasteiger partial charge in [-0.25, -0.2) is 0 Å². The van der Waals surface area contributed by atoms with Crippen LogP contribution in [0.1, 0.15) is 63.4 Å². The van der Waals surface area contributed by atoms with Gasteiger partial charge in [0, 0.05) is 11.5 Å². The standard InChI is InChI=1S/C19H29N/c1-20-18(16-10-5-2-3-6-11-16)19(14-9-15-19)17-12-7-4-8-13-17/h4,7-8,12-13,16,18,20H,2-3,5-6,9-11,14-15H2,1H3. The molecule has 0 heterocycles. The van der Waals surface area contributed by atoms with E-state index in [1.807, 2.05) is 0 Å². The summed E-state index contributed by atoms with van der Waals surface area (Å²) in [5.74, 6) is 0.878. The van der Waals surface area contributed by atoms with Crippen LogP contribution in [0.15, 0.2) is 30.3 Å². The molecule has 3 rings (SSSR count). The third-order valence-corrected chi connectivity index (χ3v) is 5.87. The Hall–Kier alpha value is -0.820. The number of benzene rings is 1. The molecule has 2 aliphatic rings. The van der Waals surface area contributed by atoms with Crippen molar-refractivity contribution < 1.29 is 0 Å². The summed E-state index contributed by atoms with van der Waals surface area (Å²) in [6.07, 6.45) is 12.8. The molecule has 1 heteroatoms. The van der Waals surface area contributed by atoms with Crippen molar-refractivity contribution in [3.63, 3.8) is 0 Å². The van der Waals surface area contributed by atoms with Crippen molar-refractivity contribution in [2.75, 3.05) is 7.05 Å². The van der Waals surface area contributed by atoms with Gasteiger partial charge in [-0.1, -0.05) is 62.4 Å². The van der Waals surface area contributed by atoms with Crippen LogP contribution in [0.5, 0.6) is 0 Å². The van der Waals surface area contributed by atoms with Gasteiger partial charge in [0.25, 0.3) is 0 Å². The molecular formula is C19H29N. The molecular weight excluding hydrogens is 242 g/mol. The minimum absolute atomic E-state index is 0.422. The van der Waals surface area contributed by atoms with Gasteiger partial charge in [0.1, 0.15) is 0 Å². The van der Waals surface area contributed by atoms with Crippen LogP contribution in [0.25, 0.3) is 0 Å². The highest BCUT2D eigenvalue weighted by atomic mass is 14.9. The van der Waals surface area contributed by atoms with Gasteiger partial charge < -0.3 is 5.32 Å². The smallest absolute Gasteiger partial charge is 0.0189 e. The van der Waals surface area contributed by atoms with Crippen molar-refractivity contribution in [2.45, 2.75) is 69.2 Å². The summed E-state index contributed by atoms with van der Waals surface area (Å²) in [7, 11) is 2.19. The van der Waals surface area contributed by atoms with Crippen molar-refractivity contribution in [2.24, 2.45) is 5.92 Å². The van der Waals surface area contributed by atoms with E-state index in [2.05, 4.69) is 42.7 Å². The Labute approximate surface area is 124 Å². The zero-order valence-electron chi connectivity index (χ0n) is 12.9. The van der Waals surface area contributed by atoms with Gasteiger partial charge in [-0.15, -0.1) is 0 Å². The van der Waals surface area contributed by atoms with E-state index in [9.17, 15) is 0 Å². The molecule has 0 radical (unpaired) electrons. The van der Waals surface area contributed by atoms with Crippen LogP contribution in [0, 0.1) is 5.92 Å². The molecule has 1 atom stereocenters. The Morgan fingerprint density at radius 2 is 1.60 bits per heavy atom. The van der Waals surface area contributed by atoms with E-state index in [1.54, 1.807) is 5.56 Å². The highest BCUT2D eigenvalue weighted by Gasteiger charge is 2.47. The lowest BCUT2D eigenvalue weighted by molar-refractivity contribution is 0.122. The molecule has 2 fully saturated rings. The molecule has 0 aliphatic heterocycles. The Kier molecular flexibility index (Phi) is 4.45. The summed E-state index contributed by atoms with van der Waals surface area (Å²) in [6, 6.07) is 12.0. The van der Waals surface area contributed by atoms with Gasteiger partial charge in [0.15, 0.2) is 0 Å². The highest BCUT2D eigenvalue weighted by Crippen LogP contribution is 2.49. The molecule has 0 amide bonds. The fraction of sp³-hybridized carbons (Fsp3) is 0.684. The van der Waals surface area contributed by atoms with Crippen LogP contribution >= 0.6 is 0 Å². The molecule has 20 heavy (non-hydrogen) atoms. The van der Waals surface area contributed by atoms with Gasteiger partial charge in [-0.2, -0.15) is 0 Å². The lowest BCUT2D eigenvalue weighted by atomic mass is 9.57. The minimum Gasteiger partial charge on any atom is -0.316 e. The Morgan fingerprint density at radius 3 is 2.10 bits per heavy atom. The summed E-state index contributed by atoms with van der Waals surface area (Å²) < 4.78 is 0. The van der Waals surface area contributed by atoms with E-state index >= 15 is 0 Å². The maximum Gasteiger partial charge on any atom is 0.0189 e. The summed E-state index contributed by atoms with van der Waals surface area (Å²) in [5.41, 5.74) is 2.00. The first kappa shape index (κ1) is 14.1. The van der Waals surface area contributed by atoms with E-state index < -0.39 is 0 Å². The zero-order chi connectivity index (χ0) is 13.8. The first-order chi connectivity index (χ1) is 9.87. The SMILES string of the molecule is CNC(C1CCCCCC1)C1(c2ccccc2)CCC1. The van der Waals surface area contributed by atoms with Crippen LogP contribution in [0.2, 0.25) is 0 Å². The van der Waals surface area contributed by atoms with Gasteiger partial charge >= 0.3 is 0 Å². The van der Waals surface area contributed by atoms with E-state index in [4.69, 9.17) is 0 Å². The largest absolute Gasteiger partial charge is 0.316 e. The van der Waals surface area contributed by atoms with Crippen molar-refractivity contribution in [1.29, 1.82) is 0 Å². The number of hydrogen-bond acceptors (Lipinski definition) is 1. The monoisotopic (exact) mass is 271 g/mol. The fourth-order valence-corrected chi connectivity index (χ4v) is 4.71. The maximum atomic E-state index is 3.74. The molecule has 1 aromatic rings. The second kappa shape index (κ2) is 6.30. The molecule has 0 bridgehead atoms.